The highest BCUT2D eigenvalue weighted by Crippen LogP contribution is 2.26. The number of hydrogen-bond donors (Lipinski definition) is 0. The zero-order chi connectivity index (χ0) is 18.9. The molecule has 140 valence electrons. The second kappa shape index (κ2) is 7.15. The van der Waals surface area contributed by atoms with Crippen LogP contribution in [0.2, 0.25) is 5.02 Å². The first-order valence-corrected chi connectivity index (χ1v) is 8.88. The molecule has 2 aliphatic heterocycles. The van der Waals surface area contributed by atoms with Crippen molar-refractivity contribution in [2.24, 2.45) is 0 Å². The molecule has 0 atom stereocenters. The molecule has 7 nitrogen and oxygen atoms in total. The highest BCUT2D eigenvalue weighted by atomic mass is 35.5. The number of nitrogens with zero attached hydrogens (tertiary/aromatic N) is 2. The summed E-state index contributed by atoms with van der Waals surface area (Å²) < 4.78 is 10.6. The standard InChI is InChI=1S/C18H21ClN2O5/c1-18(2,26-14-5-3-12(19)4-6-14)16(23)20-9-7-13(8-10-20)21-15(22)11-25-17(21)24/h3-6,13H,7-11H2,1-2H3. The summed E-state index contributed by atoms with van der Waals surface area (Å²) in [5.41, 5.74) is -1.04. The fourth-order valence-electron chi connectivity index (χ4n) is 3.27. The van der Waals surface area contributed by atoms with E-state index in [-0.39, 0.29) is 24.5 Å². The van der Waals surface area contributed by atoms with Crippen molar-refractivity contribution in [2.75, 3.05) is 19.7 Å². The smallest absolute Gasteiger partial charge is 0.417 e. The molecule has 0 aromatic heterocycles. The van der Waals surface area contributed by atoms with E-state index in [0.717, 1.165) is 0 Å². The maximum Gasteiger partial charge on any atom is 0.417 e. The van der Waals surface area contributed by atoms with Crippen LogP contribution in [-0.4, -0.2) is 59.0 Å². The van der Waals surface area contributed by atoms with Crippen LogP contribution in [0.15, 0.2) is 24.3 Å². The number of ether oxygens (including phenoxy) is 2. The fourth-order valence-corrected chi connectivity index (χ4v) is 3.39. The summed E-state index contributed by atoms with van der Waals surface area (Å²) >= 11 is 5.86. The van der Waals surface area contributed by atoms with Crippen LogP contribution in [0.1, 0.15) is 26.7 Å². The first kappa shape index (κ1) is 18.5. The lowest BCUT2D eigenvalue weighted by atomic mass is 10.00. The molecule has 2 aliphatic rings. The molecule has 3 rings (SSSR count). The lowest BCUT2D eigenvalue weighted by Crippen LogP contribution is -2.54. The van der Waals surface area contributed by atoms with Gasteiger partial charge >= 0.3 is 6.09 Å². The Morgan fingerprint density at radius 2 is 1.81 bits per heavy atom. The summed E-state index contributed by atoms with van der Waals surface area (Å²) in [5.74, 6) is 0.112. The van der Waals surface area contributed by atoms with Crippen molar-refractivity contribution in [3.63, 3.8) is 0 Å². The van der Waals surface area contributed by atoms with E-state index in [1.165, 1.54) is 4.90 Å². The summed E-state index contributed by atoms with van der Waals surface area (Å²) in [5, 5.41) is 0.596. The van der Waals surface area contributed by atoms with E-state index in [1.54, 1.807) is 43.0 Å². The van der Waals surface area contributed by atoms with Crippen molar-refractivity contribution >= 4 is 29.5 Å². The van der Waals surface area contributed by atoms with E-state index in [2.05, 4.69) is 0 Å². The van der Waals surface area contributed by atoms with Crippen molar-refractivity contribution in [1.29, 1.82) is 0 Å². The maximum atomic E-state index is 12.9. The molecule has 2 heterocycles. The number of carbonyl (C=O) groups excluding carboxylic acids is 3. The molecule has 0 spiro atoms. The van der Waals surface area contributed by atoms with Gasteiger partial charge < -0.3 is 14.4 Å². The molecule has 0 bridgehead atoms. The number of likely N-dealkylation sites (tertiary alicyclic amines) is 1. The Kier molecular flexibility index (Phi) is 5.09. The molecule has 0 saturated carbocycles. The second-order valence-corrected chi connectivity index (χ2v) is 7.34. The Hall–Kier alpha value is -2.28. The summed E-state index contributed by atoms with van der Waals surface area (Å²) in [6.45, 7) is 4.15. The molecule has 0 N–H and O–H groups in total. The topological polar surface area (TPSA) is 76.2 Å². The third-order valence-corrected chi connectivity index (χ3v) is 4.86. The predicted molar refractivity (Wildman–Crippen MR) is 94.0 cm³/mol. The number of amides is 3. The van der Waals surface area contributed by atoms with Gasteiger partial charge in [0.15, 0.2) is 12.2 Å². The Balaban J connectivity index is 1.59. The molecule has 0 radical (unpaired) electrons. The van der Waals surface area contributed by atoms with Crippen molar-refractivity contribution in [3.8, 4) is 5.75 Å². The maximum absolute atomic E-state index is 12.9. The highest BCUT2D eigenvalue weighted by Gasteiger charge is 2.41. The first-order chi connectivity index (χ1) is 12.3. The van der Waals surface area contributed by atoms with Crippen LogP contribution in [0.5, 0.6) is 5.75 Å². The minimum Gasteiger partial charge on any atom is -0.478 e. The van der Waals surface area contributed by atoms with E-state index in [4.69, 9.17) is 21.1 Å². The van der Waals surface area contributed by atoms with Gasteiger partial charge in [-0.1, -0.05) is 11.6 Å². The highest BCUT2D eigenvalue weighted by molar-refractivity contribution is 6.30. The van der Waals surface area contributed by atoms with E-state index in [1.807, 2.05) is 0 Å². The van der Waals surface area contributed by atoms with Gasteiger partial charge in [0.1, 0.15) is 5.75 Å². The Bertz CT molecular complexity index is 695. The molecule has 3 amide bonds. The molecule has 2 saturated heterocycles. The molecular formula is C18H21ClN2O5. The minimum absolute atomic E-state index is 0.138. The van der Waals surface area contributed by atoms with Crippen LogP contribution in [0.4, 0.5) is 4.79 Å². The summed E-state index contributed by atoms with van der Waals surface area (Å²) in [7, 11) is 0. The molecule has 0 aliphatic carbocycles. The van der Waals surface area contributed by atoms with Crippen molar-refractivity contribution in [3.05, 3.63) is 29.3 Å². The quantitative estimate of drug-likeness (QED) is 0.802. The van der Waals surface area contributed by atoms with E-state index >= 15 is 0 Å². The fraction of sp³-hybridized carbons (Fsp3) is 0.500. The molecule has 1 aromatic rings. The average molecular weight is 381 g/mol. The second-order valence-electron chi connectivity index (χ2n) is 6.91. The lowest BCUT2D eigenvalue weighted by Gasteiger charge is -2.38. The summed E-state index contributed by atoms with van der Waals surface area (Å²) in [6, 6.07) is 6.62. The Labute approximate surface area is 156 Å². The number of carbonyl (C=O) groups is 3. The number of hydrogen-bond acceptors (Lipinski definition) is 5. The van der Waals surface area contributed by atoms with Crippen molar-refractivity contribution in [1.82, 2.24) is 9.80 Å². The van der Waals surface area contributed by atoms with Gasteiger partial charge in [-0.05, 0) is 51.0 Å². The predicted octanol–water partition coefficient (Wildman–Crippen LogP) is 2.47. The molecule has 1 aromatic carbocycles. The van der Waals surface area contributed by atoms with Gasteiger partial charge in [0.2, 0.25) is 0 Å². The number of imide groups is 1. The molecule has 0 unspecified atom stereocenters. The zero-order valence-electron chi connectivity index (χ0n) is 14.7. The van der Waals surface area contributed by atoms with Crippen LogP contribution < -0.4 is 4.74 Å². The summed E-state index contributed by atoms with van der Waals surface area (Å²) in [4.78, 5) is 39.1. The number of rotatable bonds is 4. The van der Waals surface area contributed by atoms with E-state index in [9.17, 15) is 14.4 Å². The Morgan fingerprint density at radius 3 is 2.35 bits per heavy atom. The molecule has 8 heteroatoms. The zero-order valence-corrected chi connectivity index (χ0v) is 15.5. The van der Waals surface area contributed by atoms with Gasteiger partial charge in [0.25, 0.3) is 11.8 Å². The van der Waals surface area contributed by atoms with Crippen LogP contribution in [0.3, 0.4) is 0 Å². The number of cyclic esters (lactones) is 1. The van der Waals surface area contributed by atoms with E-state index in [0.29, 0.717) is 36.7 Å². The molecule has 2 fully saturated rings. The van der Waals surface area contributed by atoms with Crippen molar-refractivity contribution < 1.29 is 23.9 Å². The Morgan fingerprint density at radius 1 is 1.19 bits per heavy atom. The minimum atomic E-state index is -1.04. The van der Waals surface area contributed by atoms with Gasteiger partial charge in [-0.15, -0.1) is 0 Å². The van der Waals surface area contributed by atoms with Gasteiger partial charge in [0.05, 0.1) is 0 Å². The number of halogens is 1. The van der Waals surface area contributed by atoms with Crippen LogP contribution in [0.25, 0.3) is 0 Å². The van der Waals surface area contributed by atoms with Gasteiger partial charge in [0, 0.05) is 24.2 Å². The first-order valence-electron chi connectivity index (χ1n) is 8.51. The van der Waals surface area contributed by atoms with Gasteiger partial charge in [-0.25, -0.2) is 9.69 Å². The third-order valence-electron chi connectivity index (χ3n) is 4.60. The summed E-state index contributed by atoms with van der Waals surface area (Å²) in [6.07, 6.45) is 0.471. The van der Waals surface area contributed by atoms with Gasteiger partial charge in [-0.3, -0.25) is 9.59 Å². The van der Waals surface area contributed by atoms with E-state index < -0.39 is 11.7 Å². The third kappa shape index (κ3) is 3.77. The molecular weight excluding hydrogens is 360 g/mol. The number of piperidine rings is 1. The monoisotopic (exact) mass is 380 g/mol. The van der Waals surface area contributed by atoms with Crippen LogP contribution in [-0.2, 0) is 14.3 Å². The van der Waals surface area contributed by atoms with Crippen LogP contribution in [0, 0.1) is 0 Å². The van der Waals surface area contributed by atoms with Gasteiger partial charge in [-0.2, -0.15) is 0 Å². The SMILES string of the molecule is CC(C)(Oc1ccc(Cl)cc1)C(=O)N1CCC(N2C(=O)COC2=O)CC1. The lowest BCUT2D eigenvalue weighted by molar-refractivity contribution is -0.147. The average Bonchev–Trinajstić information content (AvgIpc) is 2.95. The number of benzene rings is 1. The van der Waals surface area contributed by atoms with Crippen LogP contribution >= 0.6 is 11.6 Å². The van der Waals surface area contributed by atoms with Crippen molar-refractivity contribution in [2.45, 2.75) is 38.3 Å². The molecule has 26 heavy (non-hydrogen) atoms. The largest absolute Gasteiger partial charge is 0.478 e. The normalized spacial score (nSPS) is 18.9.